The molecule has 2 unspecified atom stereocenters. The standard InChI is InChI=1S/C20H39FS/c1-5-9-13-18-17-22-20(21,16-12-8-4)19(18,14-10-6-2)15-11-7-3/h18H,5-17H2,1-4H3. The lowest BCUT2D eigenvalue weighted by atomic mass is 9.64. The van der Waals surface area contributed by atoms with Gasteiger partial charge in [0.25, 0.3) is 0 Å². The molecule has 0 spiro atoms. The van der Waals surface area contributed by atoms with Gasteiger partial charge in [-0.3, -0.25) is 0 Å². The van der Waals surface area contributed by atoms with Crippen LogP contribution >= 0.6 is 11.8 Å². The van der Waals surface area contributed by atoms with Crippen LogP contribution in [0.1, 0.15) is 105 Å². The second-order valence-electron chi connectivity index (χ2n) is 7.35. The Hall–Kier alpha value is 0.280. The molecule has 0 aromatic carbocycles. The van der Waals surface area contributed by atoms with Crippen LogP contribution in [0.2, 0.25) is 0 Å². The number of halogens is 1. The van der Waals surface area contributed by atoms with Crippen molar-refractivity contribution < 1.29 is 4.39 Å². The molecule has 2 atom stereocenters. The van der Waals surface area contributed by atoms with E-state index in [1.807, 2.05) is 0 Å². The van der Waals surface area contributed by atoms with Crippen molar-refractivity contribution in [1.29, 1.82) is 0 Å². The summed E-state index contributed by atoms with van der Waals surface area (Å²) >= 11 is 1.68. The minimum atomic E-state index is -0.953. The molecule has 1 aliphatic heterocycles. The first-order valence-electron chi connectivity index (χ1n) is 9.93. The van der Waals surface area contributed by atoms with E-state index in [1.165, 1.54) is 44.9 Å². The largest absolute Gasteiger partial charge is 0.231 e. The van der Waals surface area contributed by atoms with Crippen LogP contribution < -0.4 is 0 Å². The van der Waals surface area contributed by atoms with Crippen LogP contribution in [0.15, 0.2) is 0 Å². The second kappa shape index (κ2) is 10.2. The van der Waals surface area contributed by atoms with Crippen molar-refractivity contribution in [3.05, 3.63) is 0 Å². The quantitative estimate of drug-likeness (QED) is 0.352. The van der Waals surface area contributed by atoms with Crippen LogP contribution in [0, 0.1) is 11.3 Å². The summed E-state index contributed by atoms with van der Waals surface area (Å²) in [6.45, 7) is 8.96. The zero-order valence-corrected chi connectivity index (χ0v) is 16.4. The summed E-state index contributed by atoms with van der Waals surface area (Å²) < 4.78 is 16.1. The average molecular weight is 331 g/mol. The van der Waals surface area contributed by atoms with Gasteiger partial charge in [-0.2, -0.15) is 0 Å². The zero-order valence-electron chi connectivity index (χ0n) is 15.6. The highest BCUT2D eigenvalue weighted by Gasteiger charge is 2.59. The van der Waals surface area contributed by atoms with Crippen LogP contribution in [0.3, 0.4) is 0 Å². The highest BCUT2D eigenvalue weighted by atomic mass is 32.2. The summed E-state index contributed by atoms with van der Waals surface area (Å²) in [5.41, 5.74) is -0.0337. The van der Waals surface area contributed by atoms with Crippen molar-refractivity contribution in [1.82, 2.24) is 0 Å². The fraction of sp³-hybridized carbons (Fsp3) is 1.00. The maximum absolute atomic E-state index is 16.1. The van der Waals surface area contributed by atoms with E-state index >= 15 is 4.39 Å². The molecule has 0 aromatic rings. The lowest BCUT2D eigenvalue weighted by molar-refractivity contribution is 0.00360. The van der Waals surface area contributed by atoms with Crippen LogP contribution in [0.4, 0.5) is 4.39 Å². The van der Waals surface area contributed by atoms with Gasteiger partial charge in [0.15, 0.2) is 5.00 Å². The summed E-state index contributed by atoms with van der Waals surface area (Å²) in [7, 11) is 0. The van der Waals surface area contributed by atoms with Gasteiger partial charge >= 0.3 is 0 Å². The lowest BCUT2D eigenvalue weighted by Gasteiger charge is -2.44. The molecule has 1 fully saturated rings. The summed E-state index contributed by atoms with van der Waals surface area (Å²) in [5, 5.41) is -0.953. The molecule has 0 aliphatic carbocycles. The molecular weight excluding hydrogens is 291 g/mol. The van der Waals surface area contributed by atoms with E-state index in [0.29, 0.717) is 5.92 Å². The van der Waals surface area contributed by atoms with Gasteiger partial charge < -0.3 is 0 Å². The molecule has 0 radical (unpaired) electrons. The third-order valence-electron chi connectivity index (χ3n) is 5.75. The molecule has 1 saturated heterocycles. The van der Waals surface area contributed by atoms with Crippen molar-refractivity contribution in [2.24, 2.45) is 11.3 Å². The van der Waals surface area contributed by atoms with Crippen LogP contribution in [0.25, 0.3) is 0 Å². The topological polar surface area (TPSA) is 0 Å². The molecule has 0 aromatic heterocycles. The first-order valence-corrected chi connectivity index (χ1v) is 10.9. The fourth-order valence-electron chi connectivity index (χ4n) is 4.27. The normalized spacial score (nSPS) is 27.4. The van der Waals surface area contributed by atoms with Crippen molar-refractivity contribution in [3.8, 4) is 0 Å². The molecule has 0 saturated carbocycles. The first kappa shape index (κ1) is 20.3. The molecule has 0 N–H and O–H groups in total. The smallest absolute Gasteiger partial charge is 0.162 e. The highest BCUT2D eigenvalue weighted by molar-refractivity contribution is 8.00. The van der Waals surface area contributed by atoms with E-state index in [0.717, 1.165) is 37.9 Å². The number of hydrogen-bond acceptors (Lipinski definition) is 1. The van der Waals surface area contributed by atoms with Crippen molar-refractivity contribution in [3.63, 3.8) is 0 Å². The van der Waals surface area contributed by atoms with Gasteiger partial charge in [-0.25, -0.2) is 4.39 Å². The Morgan fingerprint density at radius 2 is 1.32 bits per heavy atom. The van der Waals surface area contributed by atoms with Crippen molar-refractivity contribution in [2.75, 3.05) is 5.75 Å². The molecule has 1 aliphatic rings. The van der Waals surface area contributed by atoms with Gasteiger partial charge in [0.1, 0.15) is 0 Å². The van der Waals surface area contributed by atoms with Gasteiger partial charge in [-0.05, 0) is 43.8 Å². The number of alkyl halides is 1. The minimum Gasteiger partial charge on any atom is -0.231 e. The third-order valence-corrected chi connectivity index (χ3v) is 7.39. The van der Waals surface area contributed by atoms with E-state index in [2.05, 4.69) is 27.7 Å². The summed E-state index contributed by atoms with van der Waals surface area (Å²) in [4.78, 5) is 0. The Labute approximate surface area is 143 Å². The molecule has 1 rings (SSSR count). The van der Waals surface area contributed by atoms with Crippen molar-refractivity contribution in [2.45, 2.75) is 110 Å². The van der Waals surface area contributed by atoms with Gasteiger partial charge in [0, 0.05) is 5.41 Å². The number of unbranched alkanes of at least 4 members (excludes halogenated alkanes) is 4. The Kier molecular flexibility index (Phi) is 9.43. The predicted octanol–water partition coefficient (Wildman–Crippen LogP) is 7.76. The molecule has 22 heavy (non-hydrogen) atoms. The Morgan fingerprint density at radius 3 is 1.82 bits per heavy atom. The average Bonchev–Trinajstić information content (AvgIpc) is 2.80. The van der Waals surface area contributed by atoms with Crippen LogP contribution in [-0.2, 0) is 0 Å². The van der Waals surface area contributed by atoms with Crippen LogP contribution in [-0.4, -0.2) is 10.8 Å². The van der Waals surface area contributed by atoms with E-state index in [-0.39, 0.29) is 5.41 Å². The molecule has 132 valence electrons. The maximum atomic E-state index is 16.1. The summed E-state index contributed by atoms with van der Waals surface area (Å²) in [5.74, 6) is 1.67. The van der Waals surface area contributed by atoms with E-state index in [1.54, 1.807) is 11.8 Å². The SMILES string of the molecule is CCCCC1CSC(F)(CCCC)C1(CCCC)CCCC. The first-order chi connectivity index (χ1) is 10.6. The molecule has 0 nitrogen and oxygen atoms in total. The Bertz CT molecular complexity index is 283. The number of hydrogen-bond donors (Lipinski definition) is 0. The Balaban J connectivity index is 3.00. The van der Waals surface area contributed by atoms with E-state index in [4.69, 9.17) is 0 Å². The second-order valence-corrected chi connectivity index (χ2v) is 8.61. The molecular formula is C20H39FS. The Morgan fingerprint density at radius 1 is 0.818 bits per heavy atom. The minimum absolute atomic E-state index is 0.0337. The van der Waals surface area contributed by atoms with Crippen molar-refractivity contribution >= 4 is 11.8 Å². The summed E-state index contributed by atoms with van der Waals surface area (Å²) in [6, 6.07) is 0. The van der Waals surface area contributed by atoms with Crippen LogP contribution in [0.5, 0.6) is 0 Å². The summed E-state index contributed by atoms with van der Waals surface area (Å²) in [6.07, 6.45) is 13.7. The fourth-order valence-corrected chi connectivity index (χ4v) is 6.17. The predicted molar refractivity (Wildman–Crippen MR) is 100 cm³/mol. The molecule has 2 heteroatoms. The molecule has 1 heterocycles. The molecule has 0 bridgehead atoms. The van der Waals surface area contributed by atoms with E-state index < -0.39 is 5.00 Å². The number of thioether (sulfide) groups is 1. The van der Waals surface area contributed by atoms with Gasteiger partial charge in [-0.15, -0.1) is 11.8 Å². The monoisotopic (exact) mass is 330 g/mol. The number of rotatable bonds is 12. The molecule has 0 amide bonds. The van der Waals surface area contributed by atoms with Gasteiger partial charge in [0.05, 0.1) is 0 Å². The van der Waals surface area contributed by atoms with Gasteiger partial charge in [0.2, 0.25) is 0 Å². The third kappa shape index (κ3) is 4.65. The maximum Gasteiger partial charge on any atom is 0.162 e. The zero-order chi connectivity index (χ0) is 16.5. The highest BCUT2D eigenvalue weighted by Crippen LogP contribution is 2.64. The van der Waals surface area contributed by atoms with E-state index in [9.17, 15) is 0 Å². The lowest BCUT2D eigenvalue weighted by Crippen LogP contribution is -2.43. The van der Waals surface area contributed by atoms with Gasteiger partial charge in [-0.1, -0.05) is 72.6 Å².